The molecule has 1 fully saturated rings. The maximum atomic E-state index is 9.17. The highest BCUT2D eigenvalue weighted by Gasteiger charge is 2.33. The van der Waals surface area contributed by atoms with Crippen LogP contribution in [0.4, 0.5) is 0 Å². The molecule has 0 saturated carbocycles. The quantitative estimate of drug-likeness (QED) is 0.351. The molecule has 0 spiro atoms. The zero-order valence-electron chi connectivity index (χ0n) is 6.05. The van der Waals surface area contributed by atoms with E-state index in [2.05, 4.69) is 0 Å². The van der Waals surface area contributed by atoms with Gasteiger partial charge in [-0.1, -0.05) is 0 Å². The van der Waals surface area contributed by atoms with Crippen molar-refractivity contribution in [3.8, 4) is 0 Å². The predicted octanol–water partition coefficient (Wildman–Crippen LogP) is -2.23. The first kappa shape index (κ1) is 8.89. The lowest BCUT2D eigenvalue weighted by Gasteiger charge is -2.34. The van der Waals surface area contributed by atoms with E-state index in [1.54, 1.807) is 0 Å². The van der Waals surface area contributed by atoms with Gasteiger partial charge < -0.3 is 25.8 Å². The molecule has 1 heterocycles. The van der Waals surface area contributed by atoms with Crippen LogP contribution in [0.15, 0.2) is 0 Å². The third-order valence-electron chi connectivity index (χ3n) is 1.81. The molecule has 4 atom stereocenters. The fraction of sp³-hybridized carbons (Fsp3) is 1.00. The third kappa shape index (κ3) is 1.88. The topological polar surface area (TPSA) is 95.9 Å². The van der Waals surface area contributed by atoms with Crippen LogP contribution >= 0.6 is 0 Å². The molecule has 0 amide bonds. The number of hydrogen-bond acceptors (Lipinski definition) is 5. The summed E-state index contributed by atoms with van der Waals surface area (Å²) >= 11 is 0. The summed E-state index contributed by atoms with van der Waals surface area (Å²) in [6, 6.07) is -0.766. The smallest absolute Gasteiger partial charge is 0.172 e. The summed E-state index contributed by atoms with van der Waals surface area (Å²) in [5, 5.41) is 26.8. The van der Waals surface area contributed by atoms with E-state index in [-0.39, 0.29) is 13.0 Å². The van der Waals surface area contributed by atoms with Crippen molar-refractivity contribution in [1.29, 1.82) is 0 Å². The fourth-order valence-electron chi connectivity index (χ4n) is 1.08. The maximum absolute atomic E-state index is 9.17. The van der Waals surface area contributed by atoms with E-state index in [0.29, 0.717) is 0 Å². The summed E-state index contributed by atoms with van der Waals surface area (Å²) in [6.45, 7) is -0.208. The molecule has 66 valence electrons. The highest BCUT2D eigenvalue weighted by molar-refractivity contribution is 4.82. The fourth-order valence-corrected chi connectivity index (χ4v) is 1.08. The molecule has 0 aromatic carbocycles. The average molecular weight is 163 g/mol. The minimum Gasteiger partial charge on any atom is -0.394 e. The Morgan fingerprint density at radius 2 is 2.09 bits per heavy atom. The molecule has 0 aromatic rings. The van der Waals surface area contributed by atoms with Crippen molar-refractivity contribution in [3.63, 3.8) is 0 Å². The lowest BCUT2D eigenvalue weighted by molar-refractivity contribution is -0.207. The lowest BCUT2D eigenvalue weighted by atomic mass is 10.0. The van der Waals surface area contributed by atoms with E-state index in [4.69, 9.17) is 20.7 Å². The Morgan fingerprint density at radius 3 is 2.55 bits per heavy atom. The standard InChI is InChI=1S/C6H13NO4/c7-5-4(9)1-3(2-8)11-6(5)10/h3-6,8-10H,1-2,7H2. The second kappa shape index (κ2) is 3.46. The molecule has 5 N–H and O–H groups in total. The lowest BCUT2D eigenvalue weighted by Crippen LogP contribution is -2.53. The van der Waals surface area contributed by atoms with E-state index in [9.17, 15) is 5.11 Å². The molecule has 0 aromatic heterocycles. The number of nitrogens with two attached hydrogens (primary N) is 1. The molecule has 0 aliphatic carbocycles. The van der Waals surface area contributed by atoms with Crippen LogP contribution in [-0.2, 0) is 4.74 Å². The van der Waals surface area contributed by atoms with Gasteiger partial charge in [-0.2, -0.15) is 0 Å². The maximum Gasteiger partial charge on any atom is 0.172 e. The van der Waals surface area contributed by atoms with Gasteiger partial charge in [-0.15, -0.1) is 0 Å². The summed E-state index contributed by atoms with van der Waals surface area (Å²) in [6.07, 6.45) is -2.19. The van der Waals surface area contributed by atoms with E-state index in [1.165, 1.54) is 0 Å². The van der Waals surface area contributed by atoms with Gasteiger partial charge in [0.15, 0.2) is 6.29 Å². The van der Waals surface area contributed by atoms with Crippen molar-refractivity contribution in [1.82, 2.24) is 0 Å². The van der Waals surface area contributed by atoms with Crippen molar-refractivity contribution in [2.24, 2.45) is 5.73 Å². The normalized spacial score (nSPS) is 45.8. The van der Waals surface area contributed by atoms with Gasteiger partial charge in [0.25, 0.3) is 0 Å². The summed E-state index contributed by atoms with van der Waals surface area (Å²) < 4.78 is 4.84. The van der Waals surface area contributed by atoms with Crippen molar-refractivity contribution < 1.29 is 20.1 Å². The largest absolute Gasteiger partial charge is 0.394 e. The Hall–Kier alpha value is -0.200. The number of rotatable bonds is 1. The van der Waals surface area contributed by atoms with E-state index in [1.807, 2.05) is 0 Å². The van der Waals surface area contributed by atoms with Crippen LogP contribution in [0.3, 0.4) is 0 Å². The Balaban J connectivity index is 2.47. The summed E-state index contributed by atoms with van der Waals surface area (Å²) in [5.41, 5.74) is 5.33. The average Bonchev–Trinajstić information content (AvgIpc) is 1.99. The summed E-state index contributed by atoms with van der Waals surface area (Å²) in [5.74, 6) is 0. The second-order valence-corrected chi connectivity index (χ2v) is 2.71. The molecule has 5 heteroatoms. The highest BCUT2D eigenvalue weighted by Crippen LogP contribution is 2.16. The molecule has 1 saturated heterocycles. The van der Waals surface area contributed by atoms with Crippen molar-refractivity contribution in [3.05, 3.63) is 0 Å². The van der Waals surface area contributed by atoms with E-state index in [0.717, 1.165) is 0 Å². The molecule has 1 rings (SSSR count). The van der Waals surface area contributed by atoms with Crippen LogP contribution in [-0.4, -0.2) is 46.5 Å². The monoisotopic (exact) mass is 163 g/mol. The van der Waals surface area contributed by atoms with Gasteiger partial charge in [0.2, 0.25) is 0 Å². The van der Waals surface area contributed by atoms with Crippen molar-refractivity contribution >= 4 is 0 Å². The minimum atomic E-state index is -1.17. The Labute approximate surface area is 64.4 Å². The van der Waals surface area contributed by atoms with Crippen LogP contribution in [0.25, 0.3) is 0 Å². The summed E-state index contributed by atoms with van der Waals surface area (Å²) in [7, 11) is 0. The Kier molecular flexibility index (Phi) is 2.80. The zero-order chi connectivity index (χ0) is 8.43. The van der Waals surface area contributed by atoms with Crippen LogP contribution in [0.5, 0.6) is 0 Å². The van der Waals surface area contributed by atoms with E-state index < -0.39 is 24.5 Å². The van der Waals surface area contributed by atoms with Gasteiger partial charge >= 0.3 is 0 Å². The van der Waals surface area contributed by atoms with Gasteiger partial charge in [0, 0.05) is 6.42 Å². The number of aliphatic hydroxyl groups is 3. The first-order valence-corrected chi connectivity index (χ1v) is 3.53. The number of ether oxygens (including phenoxy) is 1. The van der Waals surface area contributed by atoms with Gasteiger partial charge in [0.05, 0.1) is 24.9 Å². The highest BCUT2D eigenvalue weighted by atomic mass is 16.6. The number of hydrogen-bond donors (Lipinski definition) is 4. The molecule has 0 radical (unpaired) electrons. The van der Waals surface area contributed by atoms with Crippen molar-refractivity contribution in [2.75, 3.05) is 6.61 Å². The first-order valence-electron chi connectivity index (χ1n) is 3.53. The Morgan fingerprint density at radius 1 is 1.45 bits per heavy atom. The summed E-state index contributed by atoms with van der Waals surface area (Å²) in [4.78, 5) is 0. The molecule has 5 nitrogen and oxygen atoms in total. The third-order valence-corrected chi connectivity index (χ3v) is 1.81. The van der Waals surface area contributed by atoms with Gasteiger partial charge in [-0.3, -0.25) is 0 Å². The van der Waals surface area contributed by atoms with Crippen molar-refractivity contribution in [2.45, 2.75) is 31.0 Å². The van der Waals surface area contributed by atoms with E-state index >= 15 is 0 Å². The molecular formula is C6H13NO4. The molecule has 1 aliphatic heterocycles. The van der Waals surface area contributed by atoms with Crippen LogP contribution in [0.1, 0.15) is 6.42 Å². The molecular weight excluding hydrogens is 150 g/mol. The Bertz CT molecular complexity index is 120. The zero-order valence-corrected chi connectivity index (χ0v) is 6.05. The van der Waals surface area contributed by atoms with Gasteiger partial charge in [-0.25, -0.2) is 0 Å². The van der Waals surface area contributed by atoms with Crippen LogP contribution in [0, 0.1) is 0 Å². The number of aliphatic hydroxyl groups excluding tert-OH is 3. The van der Waals surface area contributed by atoms with Crippen LogP contribution in [0.2, 0.25) is 0 Å². The molecule has 4 unspecified atom stereocenters. The molecule has 0 bridgehead atoms. The molecule has 1 aliphatic rings. The van der Waals surface area contributed by atoms with Gasteiger partial charge in [0.1, 0.15) is 0 Å². The van der Waals surface area contributed by atoms with Crippen LogP contribution < -0.4 is 5.73 Å². The minimum absolute atomic E-state index is 0.208. The first-order chi connectivity index (χ1) is 5.15. The molecule has 11 heavy (non-hydrogen) atoms. The predicted molar refractivity (Wildman–Crippen MR) is 36.6 cm³/mol. The SMILES string of the molecule is NC1C(O)CC(CO)OC1O. The second-order valence-electron chi connectivity index (χ2n) is 2.71. The van der Waals surface area contributed by atoms with Gasteiger partial charge in [-0.05, 0) is 0 Å².